The first-order valence-electron chi connectivity index (χ1n) is 11.5. The van der Waals surface area contributed by atoms with E-state index in [2.05, 4.69) is 11.8 Å². The number of piperidine rings is 1. The van der Waals surface area contributed by atoms with E-state index in [1.807, 2.05) is 4.90 Å². The van der Waals surface area contributed by atoms with Gasteiger partial charge < -0.3 is 14.9 Å². The number of carbonyl (C=O) groups is 2. The Kier molecular flexibility index (Phi) is 9.08. The summed E-state index contributed by atoms with van der Waals surface area (Å²) in [5.41, 5.74) is 0.646. The van der Waals surface area contributed by atoms with Gasteiger partial charge in [0, 0.05) is 44.7 Å². The van der Waals surface area contributed by atoms with Crippen LogP contribution >= 0.6 is 11.6 Å². The number of benzene rings is 1. The smallest absolute Gasteiger partial charge is 0.246 e. The van der Waals surface area contributed by atoms with Crippen molar-refractivity contribution < 1.29 is 19.1 Å². The molecule has 2 aliphatic rings. The molecular weight excluding hydrogens is 433 g/mol. The first kappa shape index (κ1) is 24.7. The van der Waals surface area contributed by atoms with E-state index in [0.717, 1.165) is 38.8 Å². The number of aliphatic hydroxyl groups excluding tert-OH is 1. The molecule has 2 aliphatic heterocycles. The van der Waals surface area contributed by atoms with Gasteiger partial charge in [-0.25, -0.2) is 4.39 Å². The molecule has 1 N–H and O–H groups in total. The number of hydrogen-bond acceptors (Lipinski definition) is 4. The Morgan fingerprint density at radius 1 is 1.22 bits per heavy atom. The quantitative estimate of drug-likeness (QED) is 0.496. The van der Waals surface area contributed by atoms with Gasteiger partial charge in [0.25, 0.3) is 0 Å². The predicted octanol–water partition coefficient (Wildman–Crippen LogP) is 3.18. The van der Waals surface area contributed by atoms with E-state index in [4.69, 9.17) is 11.6 Å². The van der Waals surface area contributed by atoms with Crippen LogP contribution in [-0.4, -0.2) is 83.0 Å². The highest BCUT2D eigenvalue weighted by molar-refractivity contribution is 6.30. The molecule has 2 saturated heterocycles. The SMILES string of the molecule is C[C@@H]1[C@@H](O)CCCN1CCCCN1CCN(C(=O)C=Cc2ccc(F)c(Cl)c2)CCC1=O. The zero-order chi connectivity index (χ0) is 23.1. The first-order chi connectivity index (χ1) is 15.3. The largest absolute Gasteiger partial charge is 0.392 e. The van der Waals surface area contributed by atoms with Gasteiger partial charge in [0.15, 0.2) is 0 Å². The molecule has 0 bridgehead atoms. The van der Waals surface area contributed by atoms with Crippen molar-refractivity contribution in [2.75, 3.05) is 39.3 Å². The van der Waals surface area contributed by atoms with Crippen LogP contribution in [0, 0.1) is 5.82 Å². The molecule has 0 aliphatic carbocycles. The maximum absolute atomic E-state index is 13.3. The molecule has 8 heteroatoms. The molecule has 2 heterocycles. The highest BCUT2D eigenvalue weighted by Gasteiger charge is 2.26. The first-order valence-corrected chi connectivity index (χ1v) is 11.8. The summed E-state index contributed by atoms with van der Waals surface area (Å²) in [6.07, 6.45) is 6.92. The lowest BCUT2D eigenvalue weighted by atomic mass is 10.00. The Hall–Kier alpha value is -1.96. The topological polar surface area (TPSA) is 64.1 Å². The molecule has 0 aromatic heterocycles. The maximum Gasteiger partial charge on any atom is 0.246 e. The number of halogens is 2. The number of amides is 2. The van der Waals surface area contributed by atoms with Crippen molar-refractivity contribution in [3.8, 4) is 0 Å². The zero-order valence-electron chi connectivity index (χ0n) is 18.7. The molecule has 0 spiro atoms. The van der Waals surface area contributed by atoms with Gasteiger partial charge in [-0.1, -0.05) is 17.7 Å². The third kappa shape index (κ3) is 6.77. The van der Waals surface area contributed by atoms with Crippen LogP contribution in [0.5, 0.6) is 0 Å². The summed E-state index contributed by atoms with van der Waals surface area (Å²) in [5, 5.41) is 10.0. The van der Waals surface area contributed by atoms with Crippen LogP contribution in [0.3, 0.4) is 0 Å². The zero-order valence-corrected chi connectivity index (χ0v) is 19.4. The van der Waals surface area contributed by atoms with Gasteiger partial charge in [0.1, 0.15) is 5.82 Å². The van der Waals surface area contributed by atoms with Crippen molar-refractivity contribution in [3.63, 3.8) is 0 Å². The molecule has 176 valence electrons. The molecule has 2 amide bonds. The van der Waals surface area contributed by atoms with Crippen LogP contribution in [0.1, 0.15) is 44.6 Å². The minimum Gasteiger partial charge on any atom is -0.392 e. The minimum atomic E-state index is -0.496. The van der Waals surface area contributed by atoms with Crippen LogP contribution in [0.15, 0.2) is 24.3 Å². The summed E-state index contributed by atoms with van der Waals surface area (Å²) < 4.78 is 13.3. The van der Waals surface area contributed by atoms with Crippen molar-refractivity contribution >= 4 is 29.5 Å². The van der Waals surface area contributed by atoms with Crippen LogP contribution in [-0.2, 0) is 9.59 Å². The number of aliphatic hydroxyl groups is 1. The van der Waals surface area contributed by atoms with Crippen LogP contribution in [0.4, 0.5) is 4.39 Å². The molecule has 3 rings (SSSR count). The molecule has 1 aromatic rings. The third-order valence-corrected chi connectivity index (χ3v) is 6.75. The van der Waals surface area contributed by atoms with E-state index in [1.54, 1.807) is 17.0 Å². The van der Waals surface area contributed by atoms with Crippen LogP contribution in [0.2, 0.25) is 5.02 Å². The van der Waals surface area contributed by atoms with E-state index >= 15 is 0 Å². The number of carbonyl (C=O) groups excluding carboxylic acids is 2. The van der Waals surface area contributed by atoms with Crippen LogP contribution in [0.25, 0.3) is 6.08 Å². The standard InChI is InChI=1S/C24H33ClFN3O3/c1-18-22(30)5-4-13-27(18)11-2-3-12-28-15-16-29(14-10-24(28)32)23(31)9-7-19-6-8-21(26)20(25)17-19/h6-9,17-18,22,30H,2-5,10-16H2,1H3/t18-,22+/m1/s1. The molecule has 0 saturated carbocycles. The van der Waals surface area contributed by atoms with Gasteiger partial charge in [-0.15, -0.1) is 0 Å². The summed E-state index contributed by atoms with van der Waals surface area (Å²) in [5.74, 6) is -0.585. The Bertz CT molecular complexity index is 835. The second-order valence-electron chi connectivity index (χ2n) is 8.66. The minimum absolute atomic E-state index is 0.0153. The summed E-state index contributed by atoms with van der Waals surface area (Å²) in [6.45, 7) is 6.14. The molecule has 32 heavy (non-hydrogen) atoms. The highest BCUT2D eigenvalue weighted by atomic mass is 35.5. The normalized spacial score (nSPS) is 23.1. The van der Waals surface area contributed by atoms with E-state index in [1.165, 1.54) is 18.2 Å². The Balaban J connectivity index is 1.43. The van der Waals surface area contributed by atoms with E-state index in [9.17, 15) is 19.1 Å². The van der Waals surface area contributed by atoms with Gasteiger partial charge in [0.2, 0.25) is 11.8 Å². The maximum atomic E-state index is 13.3. The average Bonchev–Trinajstić information content (AvgIpc) is 2.96. The third-order valence-electron chi connectivity index (χ3n) is 6.46. The van der Waals surface area contributed by atoms with Crippen molar-refractivity contribution in [2.24, 2.45) is 0 Å². The average molecular weight is 466 g/mol. The molecular formula is C24H33ClFN3O3. The second kappa shape index (κ2) is 11.8. The molecule has 6 nitrogen and oxygen atoms in total. The van der Waals surface area contributed by atoms with Crippen molar-refractivity contribution in [1.82, 2.24) is 14.7 Å². The predicted molar refractivity (Wildman–Crippen MR) is 124 cm³/mol. The summed E-state index contributed by atoms with van der Waals surface area (Å²) >= 11 is 5.78. The van der Waals surface area contributed by atoms with Gasteiger partial charge in [-0.2, -0.15) is 0 Å². The number of unbranched alkanes of at least 4 members (excludes halogenated alkanes) is 1. The van der Waals surface area contributed by atoms with Gasteiger partial charge in [-0.3, -0.25) is 14.5 Å². The lowest BCUT2D eigenvalue weighted by Gasteiger charge is -2.37. The lowest BCUT2D eigenvalue weighted by Crippen LogP contribution is -2.46. The summed E-state index contributed by atoms with van der Waals surface area (Å²) in [7, 11) is 0. The Morgan fingerprint density at radius 3 is 2.78 bits per heavy atom. The summed E-state index contributed by atoms with van der Waals surface area (Å²) in [4.78, 5) is 30.9. The molecule has 0 unspecified atom stereocenters. The molecule has 1 aromatic carbocycles. The lowest BCUT2D eigenvalue weighted by molar-refractivity contribution is -0.130. The second-order valence-corrected chi connectivity index (χ2v) is 9.06. The van der Waals surface area contributed by atoms with Gasteiger partial charge >= 0.3 is 0 Å². The van der Waals surface area contributed by atoms with Gasteiger partial charge in [-0.05, 0) is 69.5 Å². The van der Waals surface area contributed by atoms with Crippen molar-refractivity contribution in [2.45, 2.75) is 51.2 Å². The number of rotatable bonds is 7. The van der Waals surface area contributed by atoms with Crippen molar-refractivity contribution in [3.05, 3.63) is 40.7 Å². The van der Waals surface area contributed by atoms with E-state index in [0.29, 0.717) is 38.2 Å². The van der Waals surface area contributed by atoms with Gasteiger partial charge in [0.05, 0.1) is 11.1 Å². The van der Waals surface area contributed by atoms with Crippen molar-refractivity contribution in [1.29, 1.82) is 0 Å². The molecule has 2 atom stereocenters. The number of nitrogens with zero attached hydrogens (tertiary/aromatic N) is 3. The van der Waals surface area contributed by atoms with Crippen LogP contribution < -0.4 is 0 Å². The molecule has 2 fully saturated rings. The van der Waals surface area contributed by atoms with E-state index < -0.39 is 5.82 Å². The fourth-order valence-electron chi connectivity index (χ4n) is 4.34. The fraction of sp³-hybridized carbons (Fsp3) is 0.583. The van der Waals surface area contributed by atoms with E-state index in [-0.39, 0.29) is 29.0 Å². The molecule has 0 radical (unpaired) electrons. The fourth-order valence-corrected chi connectivity index (χ4v) is 4.53. The Morgan fingerprint density at radius 2 is 2.00 bits per heavy atom. The monoisotopic (exact) mass is 465 g/mol. The number of likely N-dealkylation sites (tertiary alicyclic amines) is 1. The highest BCUT2D eigenvalue weighted by Crippen LogP contribution is 2.19. The summed E-state index contributed by atoms with van der Waals surface area (Å²) in [6, 6.07) is 4.49. The number of hydrogen-bond donors (Lipinski definition) is 1. The Labute approximate surface area is 194 Å².